The second kappa shape index (κ2) is 8.30. The molecule has 34 heavy (non-hydrogen) atoms. The highest BCUT2D eigenvalue weighted by atomic mass is 16.7. The number of methoxy groups -OCH3 is 1. The second-order valence-corrected chi connectivity index (χ2v) is 8.47. The van der Waals surface area contributed by atoms with E-state index in [0.29, 0.717) is 12.3 Å². The Hall–Kier alpha value is -4.19. The van der Waals surface area contributed by atoms with Crippen molar-refractivity contribution in [3.63, 3.8) is 0 Å². The molecule has 3 heterocycles. The number of carbonyl (C=O) groups is 1. The van der Waals surface area contributed by atoms with Crippen molar-refractivity contribution in [3.8, 4) is 17.2 Å². The van der Waals surface area contributed by atoms with Crippen LogP contribution < -0.4 is 14.2 Å². The zero-order valence-corrected chi connectivity index (χ0v) is 18.8. The molecule has 170 valence electrons. The SMILES string of the molecule is COc1cccc(/C=C/C(=O)N2CCc3c([nH]c4ccccc34)C2c2ccc3c(c2)OCO3)c1. The topological polar surface area (TPSA) is 63.8 Å². The van der Waals surface area contributed by atoms with Crippen LogP contribution in [-0.2, 0) is 11.2 Å². The van der Waals surface area contributed by atoms with E-state index >= 15 is 0 Å². The Bertz CT molecular complexity index is 1420. The number of carbonyl (C=O) groups excluding carboxylic acids is 1. The van der Waals surface area contributed by atoms with Gasteiger partial charge in [-0.25, -0.2) is 0 Å². The Morgan fingerprint density at radius 2 is 1.94 bits per heavy atom. The van der Waals surface area contributed by atoms with Gasteiger partial charge in [0.1, 0.15) is 5.75 Å². The maximum atomic E-state index is 13.5. The third kappa shape index (κ3) is 3.48. The van der Waals surface area contributed by atoms with Gasteiger partial charge in [-0.3, -0.25) is 4.79 Å². The lowest BCUT2D eigenvalue weighted by molar-refractivity contribution is -0.128. The van der Waals surface area contributed by atoms with E-state index in [1.807, 2.05) is 59.5 Å². The summed E-state index contributed by atoms with van der Waals surface area (Å²) >= 11 is 0. The third-order valence-corrected chi connectivity index (χ3v) is 6.54. The summed E-state index contributed by atoms with van der Waals surface area (Å²) in [5.41, 5.74) is 5.29. The molecule has 0 fully saturated rings. The monoisotopic (exact) mass is 452 g/mol. The third-order valence-electron chi connectivity index (χ3n) is 6.54. The standard InChI is InChI=1S/C28H24N2O4/c1-32-20-6-4-5-18(15-20)9-12-26(31)30-14-13-22-21-7-2-3-8-23(21)29-27(22)28(30)19-10-11-24-25(16-19)34-17-33-24/h2-12,15-16,28-29H,13-14,17H2,1H3/b12-9+. The Kier molecular flexibility index (Phi) is 4.99. The van der Waals surface area contributed by atoms with E-state index in [4.69, 9.17) is 14.2 Å². The van der Waals surface area contributed by atoms with Gasteiger partial charge in [0.05, 0.1) is 13.2 Å². The quantitative estimate of drug-likeness (QED) is 0.438. The highest BCUT2D eigenvalue weighted by molar-refractivity contribution is 5.93. The lowest BCUT2D eigenvalue weighted by Gasteiger charge is -2.35. The van der Waals surface area contributed by atoms with Crippen LogP contribution in [0.15, 0.2) is 72.8 Å². The Morgan fingerprint density at radius 3 is 2.85 bits per heavy atom. The van der Waals surface area contributed by atoms with Gasteiger partial charge in [-0.2, -0.15) is 0 Å². The van der Waals surface area contributed by atoms with Crippen LogP contribution in [0.5, 0.6) is 17.2 Å². The summed E-state index contributed by atoms with van der Waals surface area (Å²) in [6.45, 7) is 0.836. The second-order valence-electron chi connectivity index (χ2n) is 8.47. The fraction of sp³-hybridized carbons (Fsp3) is 0.179. The summed E-state index contributed by atoms with van der Waals surface area (Å²) in [6.07, 6.45) is 4.27. The van der Waals surface area contributed by atoms with Crippen LogP contribution in [0, 0.1) is 0 Å². The lowest BCUT2D eigenvalue weighted by Crippen LogP contribution is -2.39. The molecule has 1 unspecified atom stereocenters. The molecule has 2 aliphatic heterocycles. The Balaban J connectivity index is 1.40. The number of aromatic amines is 1. The molecule has 2 aliphatic rings. The fourth-order valence-electron chi connectivity index (χ4n) is 4.92. The number of nitrogens with zero attached hydrogens (tertiary/aromatic N) is 1. The van der Waals surface area contributed by atoms with Crippen LogP contribution in [0.2, 0.25) is 0 Å². The summed E-state index contributed by atoms with van der Waals surface area (Å²) in [5.74, 6) is 2.15. The van der Waals surface area contributed by atoms with Gasteiger partial charge in [0, 0.05) is 29.2 Å². The zero-order chi connectivity index (χ0) is 23.1. The minimum atomic E-state index is -0.256. The molecule has 4 aromatic rings. The molecule has 0 radical (unpaired) electrons. The number of ether oxygens (including phenoxy) is 3. The molecule has 1 atom stereocenters. The number of amides is 1. The molecule has 0 bridgehead atoms. The van der Waals surface area contributed by atoms with E-state index in [2.05, 4.69) is 23.2 Å². The first kappa shape index (κ1) is 20.4. The van der Waals surface area contributed by atoms with E-state index in [1.165, 1.54) is 10.9 Å². The van der Waals surface area contributed by atoms with Gasteiger partial charge in [0.25, 0.3) is 0 Å². The molecule has 0 spiro atoms. The van der Waals surface area contributed by atoms with Crippen molar-refractivity contribution < 1.29 is 19.0 Å². The van der Waals surface area contributed by atoms with Gasteiger partial charge in [-0.1, -0.05) is 36.4 Å². The average Bonchev–Trinajstić information content (AvgIpc) is 3.50. The van der Waals surface area contributed by atoms with Crippen LogP contribution >= 0.6 is 0 Å². The molecule has 1 aromatic heterocycles. The van der Waals surface area contributed by atoms with E-state index in [1.54, 1.807) is 13.2 Å². The molecule has 1 N–H and O–H groups in total. The van der Waals surface area contributed by atoms with Crippen molar-refractivity contribution in [1.82, 2.24) is 9.88 Å². The van der Waals surface area contributed by atoms with Gasteiger partial charge >= 0.3 is 0 Å². The number of para-hydroxylation sites is 1. The normalized spacial score (nSPS) is 16.7. The lowest BCUT2D eigenvalue weighted by atomic mass is 9.92. The molecule has 1 amide bonds. The number of nitrogens with one attached hydrogen (secondary N) is 1. The van der Waals surface area contributed by atoms with Crippen molar-refractivity contribution in [3.05, 3.63) is 95.2 Å². The van der Waals surface area contributed by atoms with Gasteiger partial charge in [0.2, 0.25) is 12.7 Å². The fourth-order valence-corrected chi connectivity index (χ4v) is 4.92. The summed E-state index contributed by atoms with van der Waals surface area (Å²) in [5, 5.41) is 1.21. The van der Waals surface area contributed by atoms with E-state index < -0.39 is 0 Å². The molecule has 0 saturated carbocycles. The summed E-state index contributed by atoms with van der Waals surface area (Å²) in [6, 6.07) is 21.6. The highest BCUT2D eigenvalue weighted by Gasteiger charge is 2.34. The molecule has 6 heteroatoms. The summed E-state index contributed by atoms with van der Waals surface area (Å²) in [4.78, 5) is 19.0. The van der Waals surface area contributed by atoms with Crippen LogP contribution in [0.25, 0.3) is 17.0 Å². The molecular weight excluding hydrogens is 428 g/mol. The largest absolute Gasteiger partial charge is 0.497 e. The summed E-state index contributed by atoms with van der Waals surface area (Å²) < 4.78 is 16.4. The number of fused-ring (bicyclic) bond motifs is 4. The smallest absolute Gasteiger partial charge is 0.247 e. The Labute approximate surface area is 197 Å². The molecule has 6 rings (SSSR count). The van der Waals surface area contributed by atoms with E-state index in [-0.39, 0.29) is 18.7 Å². The predicted molar refractivity (Wildman–Crippen MR) is 130 cm³/mol. The molecule has 3 aromatic carbocycles. The number of hydrogen-bond donors (Lipinski definition) is 1. The van der Waals surface area contributed by atoms with Crippen LogP contribution in [0.3, 0.4) is 0 Å². The number of rotatable bonds is 4. The van der Waals surface area contributed by atoms with Crippen molar-refractivity contribution in [2.24, 2.45) is 0 Å². The highest BCUT2D eigenvalue weighted by Crippen LogP contribution is 2.42. The minimum Gasteiger partial charge on any atom is -0.497 e. The number of H-pyrrole nitrogens is 1. The van der Waals surface area contributed by atoms with Gasteiger partial charge in [-0.15, -0.1) is 0 Å². The summed E-state index contributed by atoms with van der Waals surface area (Å²) in [7, 11) is 1.63. The van der Waals surface area contributed by atoms with Crippen LogP contribution in [0.4, 0.5) is 0 Å². The Morgan fingerprint density at radius 1 is 1.06 bits per heavy atom. The maximum absolute atomic E-state index is 13.5. The first-order chi connectivity index (χ1) is 16.7. The van der Waals surface area contributed by atoms with Gasteiger partial charge < -0.3 is 24.1 Å². The number of benzene rings is 3. The molecular formula is C28H24N2O4. The number of hydrogen-bond acceptors (Lipinski definition) is 4. The average molecular weight is 453 g/mol. The molecule has 0 aliphatic carbocycles. The van der Waals surface area contributed by atoms with Crippen molar-refractivity contribution >= 4 is 22.9 Å². The predicted octanol–water partition coefficient (Wildman–Crippen LogP) is 5.09. The van der Waals surface area contributed by atoms with Gasteiger partial charge in [0.15, 0.2) is 11.5 Å². The molecule has 0 saturated heterocycles. The first-order valence-corrected chi connectivity index (χ1v) is 11.3. The zero-order valence-electron chi connectivity index (χ0n) is 18.8. The maximum Gasteiger partial charge on any atom is 0.247 e. The van der Waals surface area contributed by atoms with Crippen molar-refractivity contribution in [1.29, 1.82) is 0 Å². The van der Waals surface area contributed by atoms with Crippen molar-refractivity contribution in [2.75, 3.05) is 20.4 Å². The first-order valence-electron chi connectivity index (χ1n) is 11.3. The van der Waals surface area contributed by atoms with Crippen LogP contribution in [0.1, 0.15) is 28.4 Å². The number of aromatic nitrogens is 1. The molecule has 6 nitrogen and oxygen atoms in total. The van der Waals surface area contributed by atoms with E-state index in [9.17, 15) is 4.79 Å². The van der Waals surface area contributed by atoms with Crippen LogP contribution in [-0.4, -0.2) is 36.2 Å². The van der Waals surface area contributed by atoms with Crippen molar-refractivity contribution in [2.45, 2.75) is 12.5 Å². The van der Waals surface area contributed by atoms with Gasteiger partial charge in [-0.05, 0) is 59.5 Å². The minimum absolute atomic E-state index is 0.0465. The van der Waals surface area contributed by atoms with E-state index in [0.717, 1.165) is 40.3 Å².